The Labute approximate surface area is 96.5 Å². The van der Waals surface area contributed by atoms with E-state index in [0.29, 0.717) is 6.61 Å². The number of anilines is 1. The lowest BCUT2D eigenvalue weighted by molar-refractivity contribution is 0.0692. The topological polar surface area (TPSA) is 72.5 Å². The lowest BCUT2D eigenvalue weighted by atomic mass is 10.2. The molecule has 0 fully saturated rings. The standard InChI is InChI=1S/C9H9Cl2NO3/c1-2-15-8-4(9(13)14)3-5(10)7(12)6(8)11/h3H,2,12H2,1H3,(H,13,14). The van der Waals surface area contributed by atoms with Crippen molar-refractivity contribution in [2.75, 3.05) is 12.3 Å². The number of carboxylic acids is 1. The number of nitrogen functional groups attached to an aromatic ring is 1. The summed E-state index contributed by atoms with van der Waals surface area (Å²) in [5.74, 6) is -1.11. The van der Waals surface area contributed by atoms with Crippen LogP contribution in [0.4, 0.5) is 5.69 Å². The fourth-order valence-electron chi connectivity index (χ4n) is 1.06. The maximum Gasteiger partial charge on any atom is 0.339 e. The Bertz CT molecular complexity index is 407. The van der Waals surface area contributed by atoms with Gasteiger partial charge in [-0.05, 0) is 13.0 Å². The second-order valence-electron chi connectivity index (χ2n) is 2.70. The van der Waals surface area contributed by atoms with Crippen molar-refractivity contribution in [3.05, 3.63) is 21.7 Å². The zero-order chi connectivity index (χ0) is 11.6. The van der Waals surface area contributed by atoms with Crippen LogP contribution in [-0.4, -0.2) is 17.7 Å². The van der Waals surface area contributed by atoms with Gasteiger partial charge in [0.2, 0.25) is 0 Å². The van der Waals surface area contributed by atoms with Crippen molar-refractivity contribution < 1.29 is 14.6 Å². The van der Waals surface area contributed by atoms with E-state index in [-0.39, 0.29) is 27.0 Å². The van der Waals surface area contributed by atoms with E-state index in [2.05, 4.69) is 0 Å². The molecular weight excluding hydrogens is 241 g/mol. The highest BCUT2D eigenvalue weighted by Crippen LogP contribution is 2.38. The minimum atomic E-state index is -1.16. The molecule has 1 rings (SSSR count). The van der Waals surface area contributed by atoms with Gasteiger partial charge in [-0.2, -0.15) is 0 Å². The van der Waals surface area contributed by atoms with Crippen LogP contribution in [0.25, 0.3) is 0 Å². The van der Waals surface area contributed by atoms with Gasteiger partial charge in [0, 0.05) is 0 Å². The van der Waals surface area contributed by atoms with Crippen LogP contribution in [-0.2, 0) is 0 Å². The first-order chi connectivity index (χ1) is 6.99. The summed E-state index contributed by atoms with van der Waals surface area (Å²) >= 11 is 11.5. The third-order valence-electron chi connectivity index (χ3n) is 1.73. The molecule has 15 heavy (non-hydrogen) atoms. The summed E-state index contributed by atoms with van der Waals surface area (Å²) < 4.78 is 5.11. The van der Waals surface area contributed by atoms with Gasteiger partial charge in [-0.15, -0.1) is 0 Å². The van der Waals surface area contributed by atoms with E-state index in [1.54, 1.807) is 6.92 Å². The van der Waals surface area contributed by atoms with Gasteiger partial charge in [-0.1, -0.05) is 23.2 Å². The van der Waals surface area contributed by atoms with Gasteiger partial charge in [0.05, 0.1) is 17.3 Å². The molecule has 0 radical (unpaired) electrons. The van der Waals surface area contributed by atoms with Crippen LogP contribution in [0.1, 0.15) is 17.3 Å². The zero-order valence-corrected chi connectivity index (χ0v) is 9.39. The van der Waals surface area contributed by atoms with Gasteiger partial charge in [0.1, 0.15) is 10.6 Å². The monoisotopic (exact) mass is 249 g/mol. The Hall–Kier alpha value is -1.13. The number of carboxylic acid groups (broad SMARTS) is 1. The highest BCUT2D eigenvalue weighted by Gasteiger charge is 2.19. The third-order valence-corrected chi connectivity index (χ3v) is 2.42. The first-order valence-electron chi connectivity index (χ1n) is 4.12. The molecule has 0 atom stereocenters. The summed E-state index contributed by atoms with van der Waals surface area (Å²) in [5, 5.41) is 9.02. The number of halogens is 2. The van der Waals surface area contributed by atoms with Gasteiger partial charge < -0.3 is 15.6 Å². The molecule has 0 saturated carbocycles. The van der Waals surface area contributed by atoms with Crippen molar-refractivity contribution in [3.63, 3.8) is 0 Å². The van der Waals surface area contributed by atoms with Gasteiger partial charge in [-0.25, -0.2) is 4.79 Å². The van der Waals surface area contributed by atoms with Crippen molar-refractivity contribution in [3.8, 4) is 5.75 Å². The van der Waals surface area contributed by atoms with Gasteiger partial charge in [-0.3, -0.25) is 0 Å². The lowest BCUT2D eigenvalue weighted by Gasteiger charge is -2.12. The quantitative estimate of drug-likeness (QED) is 0.809. The average Bonchev–Trinajstić information content (AvgIpc) is 2.18. The van der Waals surface area contributed by atoms with Crippen molar-refractivity contribution in [1.82, 2.24) is 0 Å². The van der Waals surface area contributed by atoms with Crippen molar-refractivity contribution in [1.29, 1.82) is 0 Å². The average molecular weight is 250 g/mol. The number of nitrogens with two attached hydrogens (primary N) is 1. The smallest absolute Gasteiger partial charge is 0.339 e. The van der Waals surface area contributed by atoms with E-state index in [4.69, 9.17) is 38.8 Å². The molecule has 4 nitrogen and oxygen atoms in total. The van der Waals surface area contributed by atoms with Crippen LogP contribution in [0, 0.1) is 0 Å². The maximum absolute atomic E-state index is 10.9. The van der Waals surface area contributed by atoms with E-state index in [1.165, 1.54) is 6.07 Å². The molecule has 0 aliphatic carbocycles. The highest BCUT2D eigenvalue weighted by atomic mass is 35.5. The van der Waals surface area contributed by atoms with E-state index in [1.807, 2.05) is 0 Å². The summed E-state index contributed by atoms with van der Waals surface area (Å²) in [7, 11) is 0. The Kier molecular flexibility index (Phi) is 3.66. The second kappa shape index (κ2) is 4.59. The minimum Gasteiger partial charge on any atom is -0.491 e. The molecule has 0 aliphatic rings. The predicted molar refractivity (Wildman–Crippen MR) is 59.0 cm³/mol. The van der Waals surface area contributed by atoms with Crippen LogP contribution in [0.5, 0.6) is 5.75 Å². The van der Waals surface area contributed by atoms with Crippen LogP contribution in [0.3, 0.4) is 0 Å². The highest BCUT2D eigenvalue weighted by molar-refractivity contribution is 6.40. The third kappa shape index (κ3) is 2.27. The molecule has 0 aliphatic heterocycles. The summed E-state index contributed by atoms with van der Waals surface area (Å²) in [6, 6.07) is 1.22. The van der Waals surface area contributed by atoms with Crippen LogP contribution in [0.2, 0.25) is 10.0 Å². The largest absolute Gasteiger partial charge is 0.491 e. The van der Waals surface area contributed by atoms with Crippen LogP contribution < -0.4 is 10.5 Å². The summed E-state index contributed by atoms with van der Waals surface area (Å²) in [5.41, 5.74) is 5.57. The van der Waals surface area contributed by atoms with Crippen molar-refractivity contribution in [2.24, 2.45) is 0 Å². The first kappa shape index (κ1) is 11.9. The number of ether oxygens (including phenoxy) is 1. The predicted octanol–water partition coefficient (Wildman–Crippen LogP) is 2.67. The molecule has 3 N–H and O–H groups in total. The number of aromatic carboxylic acids is 1. The summed E-state index contributed by atoms with van der Waals surface area (Å²) in [6.07, 6.45) is 0. The van der Waals surface area contributed by atoms with Gasteiger partial charge >= 0.3 is 5.97 Å². The van der Waals surface area contributed by atoms with Gasteiger partial charge in [0.25, 0.3) is 0 Å². The lowest BCUT2D eigenvalue weighted by Crippen LogP contribution is -2.05. The molecule has 1 aromatic rings. The molecule has 82 valence electrons. The van der Waals surface area contributed by atoms with Crippen molar-refractivity contribution >= 4 is 34.9 Å². The molecule has 6 heteroatoms. The number of carbonyl (C=O) groups is 1. The molecule has 0 aromatic heterocycles. The van der Waals surface area contributed by atoms with E-state index in [0.717, 1.165) is 0 Å². The van der Waals surface area contributed by atoms with E-state index < -0.39 is 5.97 Å². The fourth-order valence-corrected chi connectivity index (χ4v) is 1.57. The minimum absolute atomic E-state index is 0.0294. The fraction of sp³-hybridized carbons (Fsp3) is 0.222. The van der Waals surface area contributed by atoms with E-state index >= 15 is 0 Å². The molecular formula is C9H9Cl2NO3. The van der Waals surface area contributed by atoms with Crippen molar-refractivity contribution in [2.45, 2.75) is 6.92 Å². The molecule has 0 unspecified atom stereocenters. The molecule has 0 bridgehead atoms. The molecule has 0 spiro atoms. The van der Waals surface area contributed by atoms with Crippen LogP contribution in [0.15, 0.2) is 6.07 Å². The Morgan fingerprint density at radius 3 is 2.67 bits per heavy atom. The molecule has 0 heterocycles. The van der Waals surface area contributed by atoms with Gasteiger partial charge in [0.15, 0.2) is 5.75 Å². The number of hydrogen-bond donors (Lipinski definition) is 2. The number of benzene rings is 1. The summed E-state index contributed by atoms with van der Waals surface area (Å²) in [6.45, 7) is 2.01. The molecule has 1 aromatic carbocycles. The Balaban J connectivity index is 3.43. The first-order valence-corrected chi connectivity index (χ1v) is 4.88. The summed E-state index contributed by atoms with van der Waals surface area (Å²) in [4.78, 5) is 10.9. The van der Waals surface area contributed by atoms with Crippen LogP contribution >= 0.6 is 23.2 Å². The molecule has 0 saturated heterocycles. The normalized spacial score (nSPS) is 10.1. The van der Waals surface area contributed by atoms with E-state index in [9.17, 15) is 4.79 Å². The number of rotatable bonds is 3. The Morgan fingerprint density at radius 2 is 2.20 bits per heavy atom. The SMILES string of the molecule is CCOc1c(C(=O)O)cc(Cl)c(N)c1Cl. The Morgan fingerprint density at radius 1 is 1.60 bits per heavy atom. The molecule has 0 amide bonds. The second-order valence-corrected chi connectivity index (χ2v) is 3.49. The zero-order valence-electron chi connectivity index (χ0n) is 7.88. The maximum atomic E-state index is 10.9. The number of hydrogen-bond acceptors (Lipinski definition) is 3.